The molecule has 0 saturated carbocycles. The number of aryl methyl sites for hydroxylation is 1. The minimum absolute atomic E-state index is 0.211. The molecule has 116 valence electrons. The molecule has 0 fully saturated rings. The summed E-state index contributed by atoms with van der Waals surface area (Å²) in [4.78, 5) is 15.9. The Kier molecular flexibility index (Phi) is 4.58. The number of hydrogen-bond donors (Lipinski definition) is 1. The number of carbonyl (C=O) groups excluding carboxylic acids is 1. The second-order valence-electron chi connectivity index (χ2n) is 4.67. The van der Waals surface area contributed by atoms with Crippen LogP contribution in [0.2, 0.25) is 0 Å². The average molecular weight is 326 g/mol. The van der Waals surface area contributed by atoms with Crippen molar-refractivity contribution in [1.82, 2.24) is 15.2 Å². The minimum Gasteiger partial charge on any atom is -0.421 e. The van der Waals surface area contributed by atoms with Gasteiger partial charge in [-0.05, 0) is 30.3 Å². The van der Waals surface area contributed by atoms with E-state index in [1.165, 1.54) is 17.4 Å². The summed E-state index contributed by atoms with van der Waals surface area (Å²) in [6.07, 6.45) is 3.83. The van der Waals surface area contributed by atoms with E-state index >= 15 is 0 Å². The standard InChI is InChI=1S/C16H14N4O2S/c1-2-15-19-20-16(22-15)11-3-5-12(6-4-11)18-14(21)8-7-13-9-23-10-17-13/h3-10H,2H2,1H3,(H,18,21)/b8-7-. The molecule has 0 aliphatic carbocycles. The van der Waals surface area contributed by atoms with Crippen LogP contribution in [0.3, 0.4) is 0 Å². The maximum atomic E-state index is 11.8. The highest BCUT2D eigenvalue weighted by atomic mass is 32.1. The molecule has 3 aromatic rings. The Bertz CT molecular complexity index is 807. The van der Waals surface area contributed by atoms with Crippen LogP contribution in [0.15, 0.2) is 45.6 Å². The van der Waals surface area contributed by atoms with Gasteiger partial charge in [0.1, 0.15) is 0 Å². The predicted molar refractivity (Wildman–Crippen MR) is 88.9 cm³/mol. The Labute approximate surface area is 136 Å². The van der Waals surface area contributed by atoms with E-state index in [4.69, 9.17) is 4.42 Å². The number of nitrogens with one attached hydrogen (secondary N) is 1. The number of rotatable bonds is 5. The first kappa shape index (κ1) is 15.1. The van der Waals surface area contributed by atoms with Crippen molar-refractivity contribution < 1.29 is 9.21 Å². The Morgan fingerprint density at radius 2 is 2.13 bits per heavy atom. The van der Waals surface area contributed by atoms with Gasteiger partial charge < -0.3 is 9.73 Å². The summed E-state index contributed by atoms with van der Waals surface area (Å²) < 4.78 is 5.49. The molecule has 7 heteroatoms. The first-order valence-electron chi connectivity index (χ1n) is 7.04. The summed E-state index contributed by atoms with van der Waals surface area (Å²) in [5.41, 5.74) is 3.99. The Hall–Kier alpha value is -2.80. The van der Waals surface area contributed by atoms with Gasteiger partial charge in [0.05, 0.1) is 11.2 Å². The van der Waals surface area contributed by atoms with E-state index in [1.54, 1.807) is 23.7 Å². The summed E-state index contributed by atoms with van der Waals surface area (Å²) in [7, 11) is 0. The molecule has 23 heavy (non-hydrogen) atoms. The van der Waals surface area contributed by atoms with Crippen molar-refractivity contribution in [2.24, 2.45) is 0 Å². The number of anilines is 1. The van der Waals surface area contributed by atoms with E-state index in [0.717, 1.165) is 11.3 Å². The summed E-state index contributed by atoms with van der Waals surface area (Å²) >= 11 is 1.48. The molecule has 0 radical (unpaired) electrons. The van der Waals surface area contributed by atoms with Crippen molar-refractivity contribution in [3.05, 3.63) is 52.8 Å². The van der Waals surface area contributed by atoms with Crippen LogP contribution in [0.5, 0.6) is 0 Å². The molecule has 0 aliphatic heterocycles. The van der Waals surface area contributed by atoms with E-state index < -0.39 is 0 Å². The Morgan fingerprint density at radius 1 is 1.30 bits per heavy atom. The van der Waals surface area contributed by atoms with E-state index in [9.17, 15) is 4.79 Å². The molecule has 0 spiro atoms. The summed E-state index contributed by atoms with van der Waals surface area (Å²) in [6, 6.07) is 7.24. The molecular weight excluding hydrogens is 312 g/mol. The number of aromatic nitrogens is 3. The predicted octanol–water partition coefficient (Wildman–Crippen LogP) is 3.41. The lowest BCUT2D eigenvalue weighted by atomic mass is 10.2. The molecule has 6 nitrogen and oxygen atoms in total. The van der Waals surface area contributed by atoms with Crippen LogP contribution in [0.4, 0.5) is 5.69 Å². The fourth-order valence-electron chi connectivity index (χ4n) is 1.86. The maximum absolute atomic E-state index is 11.8. The monoisotopic (exact) mass is 326 g/mol. The number of nitrogens with zero attached hydrogens (tertiary/aromatic N) is 3. The van der Waals surface area contributed by atoms with Gasteiger partial charge in [-0.3, -0.25) is 4.79 Å². The van der Waals surface area contributed by atoms with Gasteiger partial charge in [0.15, 0.2) is 0 Å². The van der Waals surface area contributed by atoms with E-state index in [-0.39, 0.29) is 5.91 Å². The zero-order valence-corrected chi connectivity index (χ0v) is 13.2. The van der Waals surface area contributed by atoms with Crippen molar-refractivity contribution in [2.75, 3.05) is 5.32 Å². The second kappa shape index (κ2) is 6.97. The quantitative estimate of drug-likeness (QED) is 0.727. The van der Waals surface area contributed by atoms with Crippen LogP contribution in [0.25, 0.3) is 17.5 Å². The van der Waals surface area contributed by atoms with Gasteiger partial charge in [-0.25, -0.2) is 4.98 Å². The number of benzene rings is 1. The molecular formula is C16H14N4O2S. The van der Waals surface area contributed by atoms with E-state index in [2.05, 4.69) is 20.5 Å². The van der Waals surface area contributed by atoms with Gasteiger partial charge in [0.2, 0.25) is 17.7 Å². The highest BCUT2D eigenvalue weighted by Gasteiger charge is 2.07. The van der Waals surface area contributed by atoms with Crippen molar-refractivity contribution in [2.45, 2.75) is 13.3 Å². The minimum atomic E-state index is -0.211. The molecule has 0 saturated heterocycles. The van der Waals surface area contributed by atoms with Crippen LogP contribution >= 0.6 is 11.3 Å². The van der Waals surface area contributed by atoms with Crippen molar-refractivity contribution in [3.8, 4) is 11.5 Å². The van der Waals surface area contributed by atoms with Crippen molar-refractivity contribution in [1.29, 1.82) is 0 Å². The number of carbonyl (C=O) groups is 1. The Balaban J connectivity index is 1.64. The third-order valence-corrected chi connectivity index (χ3v) is 3.63. The number of hydrogen-bond acceptors (Lipinski definition) is 6. The smallest absolute Gasteiger partial charge is 0.248 e. The molecule has 3 rings (SSSR count). The molecule has 0 unspecified atom stereocenters. The Morgan fingerprint density at radius 3 is 2.78 bits per heavy atom. The SMILES string of the molecule is CCc1nnc(-c2ccc(NC(=O)/C=C\c3cscn3)cc2)o1. The van der Waals surface area contributed by atoms with Gasteiger partial charge in [-0.15, -0.1) is 21.5 Å². The molecule has 1 aromatic carbocycles. The normalized spacial score (nSPS) is 11.0. The molecule has 0 atom stereocenters. The molecule has 0 aliphatic rings. The van der Waals surface area contributed by atoms with E-state index in [0.29, 0.717) is 23.9 Å². The third kappa shape index (κ3) is 3.89. The lowest BCUT2D eigenvalue weighted by Crippen LogP contribution is -2.07. The highest BCUT2D eigenvalue weighted by molar-refractivity contribution is 7.07. The second-order valence-corrected chi connectivity index (χ2v) is 5.39. The fourth-order valence-corrected chi connectivity index (χ4v) is 2.38. The lowest BCUT2D eigenvalue weighted by molar-refractivity contribution is -0.111. The number of amides is 1. The van der Waals surface area contributed by atoms with Crippen LogP contribution < -0.4 is 5.32 Å². The van der Waals surface area contributed by atoms with Crippen molar-refractivity contribution in [3.63, 3.8) is 0 Å². The average Bonchev–Trinajstić information content (AvgIpc) is 3.25. The van der Waals surface area contributed by atoms with Gasteiger partial charge in [-0.2, -0.15) is 0 Å². The summed E-state index contributed by atoms with van der Waals surface area (Å²) in [6.45, 7) is 1.95. The highest BCUT2D eigenvalue weighted by Crippen LogP contribution is 2.20. The maximum Gasteiger partial charge on any atom is 0.248 e. The van der Waals surface area contributed by atoms with Crippen LogP contribution in [-0.2, 0) is 11.2 Å². The molecule has 1 amide bonds. The topological polar surface area (TPSA) is 80.9 Å². The van der Waals surface area contributed by atoms with Crippen molar-refractivity contribution >= 4 is 29.0 Å². The van der Waals surface area contributed by atoms with Gasteiger partial charge in [0, 0.05) is 29.1 Å². The van der Waals surface area contributed by atoms with E-state index in [1.807, 2.05) is 24.4 Å². The summed E-state index contributed by atoms with van der Waals surface area (Å²) in [5, 5.41) is 12.6. The van der Waals surface area contributed by atoms with Crippen LogP contribution in [0, 0.1) is 0 Å². The first-order chi connectivity index (χ1) is 11.2. The molecule has 0 bridgehead atoms. The molecule has 1 N–H and O–H groups in total. The number of thiazole rings is 1. The summed E-state index contributed by atoms with van der Waals surface area (Å²) in [5.74, 6) is 0.865. The lowest BCUT2D eigenvalue weighted by Gasteiger charge is -2.02. The zero-order valence-electron chi connectivity index (χ0n) is 12.4. The first-order valence-corrected chi connectivity index (χ1v) is 7.99. The van der Waals surface area contributed by atoms with Crippen LogP contribution in [0.1, 0.15) is 18.5 Å². The molecule has 2 heterocycles. The largest absolute Gasteiger partial charge is 0.421 e. The van der Waals surface area contributed by atoms with Crippen LogP contribution in [-0.4, -0.2) is 21.1 Å². The van der Waals surface area contributed by atoms with Gasteiger partial charge in [-0.1, -0.05) is 6.92 Å². The third-order valence-electron chi connectivity index (χ3n) is 3.03. The fraction of sp³-hybridized carbons (Fsp3) is 0.125. The van der Waals surface area contributed by atoms with Gasteiger partial charge >= 0.3 is 0 Å². The zero-order chi connectivity index (χ0) is 16.1. The molecule has 2 aromatic heterocycles. The van der Waals surface area contributed by atoms with Gasteiger partial charge in [0.25, 0.3) is 0 Å².